The van der Waals surface area contributed by atoms with Gasteiger partial charge in [-0.15, -0.1) is 11.8 Å². The second-order valence-corrected chi connectivity index (χ2v) is 6.82. The van der Waals surface area contributed by atoms with E-state index in [1.165, 1.54) is 48.3 Å². The lowest BCUT2D eigenvalue weighted by atomic mass is 10.2. The van der Waals surface area contributed by atoms with Gasteiger partial charge in [-0.2, -0.15) is 0 Å². The van der Waals surface area contributed by atoms with Crippen LogP contribution < -0.4 is 5.32 Å². The Balaban J connectivity index is 1.89. The van der Waals surface area contributed by atoms with Crippen LogP contribution in [0.4, 0.5) is 0 Å². The first-order valence-corrected chi connectivity index (χ1v) is 8.04. The Hall–Kier alpha value is -0.470. The van der Waals surface area contributed by atoms with E-state index in [-0.39, 0.29) is 0 Å². The third kappa shape index (κ3) is 3.76. The molecule has 0 saturated heterocycles. The lowest BCUT2D eigenvalue weighted by Gasteiger charge is -2.14. The van der Waals surface area contributed by atoms with Crippen LogP contribution >= 0.6 is 11.8 Å². The SMILES string of the molecule is CCCNC1CCC(Sc2cc(C)ccc2C)C1. The minimum atomic E-state index is 0.757. The normalized spacial score (nSPS) is 23.5. The summed E-state index contributed by atoms with van der Waals surface area (Å²) in [5.74, 6) is 0. The van der Waals surface area contributed by atoms with Gasteiger partial charge in [-0.25, -0.2) is 0 Å². The van der Waals surface area contributed by atoms with Crippen LogP contribution in [0, 0.1) is 13.8 Å². The van der Waals surface area contributed by atoms with E-state index in [1.54, 1.807) is 0 Å². The molecule has 0 spiro atoms. The fraction of sp³-hybridized carbons (Fsp3) is 0.625. The number of aryl methyl sites for hydroxylation is 2. The van der Waals surface area contributed by atoms with E-state index in [2.05, 4.69) is 56.0 Å². The fourth-order valence-electron chi connectivity index (χ4n) is 2.59. The van der Waals surface area contributed by atoms with Crippen molar-refractivity contribution in [2.75, 3.05) is 6.54 Å². The van der Waals surface area contributed by atoms with E-state index in [0.29, 0.717) is 0 Å². The maximum absolute atomic E-state index is 3.66. The summed E-state index contributed by atoms with van der Waals surface area (Å²) in [5.41, 5.74) is 2.80. The molecule has 100 valence electrons. The number of thioether (sulfide) groups is 1. The van der Waals surface area contributed by atoms with Crippen LogP contribution in [0.3, 0.4) is 0 Å². The summed E-state index contributed by atoms with van der Waals surface area (Å²) < 4.78 is 0. The Bertz CT molecular complexity index is 389. The molecule has 1 fully saturated rings. The Kier molecular flexibility index (Phi) is 5.13. The van der Waals surface area contributed by atoms with E-state index in [9.17, 15) is 0 Å². The van der Waals surface area contributed by atoms with Gasteiger partial charge in [-0.1, -0.05) is 24.6 Å². The first-order valence-electron chi connectivity index (χ1n) is 7.16. The zero-order valence-electron chi connectivity index (χ0n) is 11.8. The molecule has 2 atom stereocenters. The summed E-state index contributed by atoms with van der Waals surface area (Å²) in [6.07, 6.45) is 5.28. The van der Waals surface area contributed by atoms with Gasteiger partial charge in [0.25, 0.3) is 0 Å². The van der Waals surface area contributed by atoms with Crippen molar-refractivity contribution in [1.82, 2.24) is 5.32 Å². The Morgan fingerprint density at radius 1 is 1.28 bits per heavy atom. The average Bonchev–Trinajstić information content (AvgIpc) is 2.79. The van der Waals surface area contributed by atoms with Crippen molar-refractivity contribution in [3.63, 3.8) is 0 Å². The standard InChI is InChI=1S/C16H25NS/c1-4-9-17-14-7-8-15(11-14)18-16-10-12(2)5-6-13(16)3/h5-6,10,14-15,17H,4,7-9,11H2,1-3H3. The number of benzene rings is 1. The number of hydrogen-bond acceptors (Lipinski definition) is 2. The Labute approximate surface area is 116 Å². The van der Waals surface area contributed by atoms with Crippen molar-refractivity contribution in [1.29, 1.82) is 0 Å². The van der Waals surface area contributed by atoms with Crippen LogP contribution in [-0.4, -0.2) is 17.8 Å². The topological polar surface area (TPSA) is 12.0 Å². The van der Waals surface area contributed by atoms with Gasteiger partial charge >= 0.3 is 0 Å². The molecule has 0 amide bonds. The molecule has 1 aliphatic rings. The molecule has 0 radical (unpaired) electrons. The van der Waals surface area contributed by atoms with Crippen LogP contribution in [0.1, 0.15) is 43.7 Å². The molecule has 1 aromatic carbocycles. The first-order chi connectivity index (χ1) is 8.69. The van der Waals surface area contributed by atoms with Gasteiger partial charge in [-0.3, -0.25) is 0 Å². The summed E-state index contributed by atoms with van der Waals surface area (Å²) in [6, 6.07) is 7.55. The predicted octanol–water partition coefficient (Wildman–Crippen LogP) is 4.32. The van der Waals surface area contributed by atoms with Crippen molar-refractivity contribution in [3.8, 4) is 0 Å². The highest BCUT2D eigenvalue weighted by Crippen LogP contribution is 2.36. The highest BCUT2D eigenvalue weighted by molar-refractivity contribution is 8.00. The van der Waals surface area contributed by atoms with Gasteiger partial charge in [0.05, 0.1) is 0 Å². The smallest absolute Gasteiger partial charge is 0.0110 e. The molecular formula is C16H25NS. The Morgan fingerprint density at radius 2 is 2.11 bits per heavy atom. The van der Waals surface area contributed by atoms with E-state index in [0.717, 1.165) is 11.3 Å². The number of rotatable bonds is 5. The van der Waals surface area contributed by atoms with Gasteiger partial charge in [0.2, 0.25) is 0 Å². The van der Waals surface area contributed by atoms with Crippen LogP contribution in [-0.2, 0) is 0 Å². The Morgan fingerprint density at radius 3 is 2.89 bits per heavy atom. The average molecular weight is 263 g/mol. The minimum Gasteiger partial charge on any atom is -0.314 e. The zero-order chi connectivity index (χ0) is 13.0. The molecule has 2 heteroatoms. The second kappa shape index (κ2) is 6.63. The summed E-state index contributed by atoms with van der Waals surface area (Å²) in [7, 11) is 0. The van der Waals surface area contributed by atoms with Crippen LogP contribution in [0.2, 0.25) is 0 Å². The molecule has 1 aromatic rings. The van der Waals surface area contributed by atoms with Crippen LogP contribution in [0.25, 0.3) is 0 Å². The van der Waals surface area contributed by atoms with E-state index < -0.39 is 0 Å². The maximum atomic E-state index is 3.66. The van der Waals surface area contributed by atoms with Crippen molar-refractivity contribution >= 4 is 11.8 Å². The molecule has 1 saturated carbocycles. The lowest BCUT2D eigenvalue weighted by molar-refractivity contribution is 0.524. The minimum absolute atomic E-state index is 0.757. The highest BCUT2D eigenvalue weighted by Gasteiger charge is 2.25. The second-order valence-electron chi connectivity index (χ2n) is 5.47. The molecule has 2 unspecified atom stereocenters. The largest absolute Gasteiger partial charge is 0.314 e. The molecular weight excluding hydrogens is 238 g/mol. The number of hydrogen-bond donors (Lipinski definition) is 1. The third-order valence-electron chi connectivity index (χ3n) is 3.70. The monoisotopic (exact) mass is 263 g/mol. The molecule has 0 aliphatic heterocycles. The first kappa shape index (κ1) is 14.0. The van der Waals surface area contributed by atoms with Gasteiger partial charge in [0.1, 0.15) is 0 Å². The van der Waals surface area contributed by atoms with E-state index >= 15 is 0 Å². The molecule has 0 aromatic heterocycles. The summed E-state index contributed by atoms with van der Waals surface area (Å²) >= 11 is 2.09. The molecule has 0 bridgehead atoms. The zero-order valence-corrected chi connectivity index (χ0v) is 12.6. The van der Waals surface area contributed by atoms with Crippen LogP contribution in [0.15, 0.2) is 23.1 Å². The fourth-order valence-corrected chi connectivity index (χ4v) is 4.04. The summed E-state index contributed by atoms with van der Waals surface area (Å²) in [4.78, 5) is 1.48. The third-order valence-corrected chi connectivity index (χ3v) is 5.16. The van der Waals surface area contributed by atoms with Crippen molar-refractivity contribution < 1.29 is 0 Å². The van der Waals surface area contributed by atoms with Crippen LogP contribution in [0.5, 0.6) is 0 Å². The van der Waals surface area contributed by atoms with E-state index in [4.69, 9.17) is 0 Å². The van der Waals surface area contributed by atoms with Gasteiger partial charge in [0, 0.05) is 16.2 Å². The van der Waals surface area contributed by atoms with E-state index in [1.807, 2.05) is 0 Å². The van der Waals surface area contributed by atoms with Gasteiger partial charge < -0.3 is 5.32 Å². The van der Waals surface area contributed by atoms with Crippen molar-refractivity contribution in [3.05, 3.63) is 29.3 Å². The molecule has 2 rings (SSSR count). The van der Waals surface area contributed by atoms with Crippen molar-refractivity contribution in [2.45, 2.75) is 62.6 Å². The molecule has 18 heavy (non-hydrogen) atoms. The molecule has 1 nitrogen and oxygen atoms in total. The van der Waals surface area contributed by atoms with Gasteiger partial charge in [-0.05, 0) is 57.7 Å². The van der Waals surface area contributed by atoms with Gasteiger partial charge in [0.15, 0.2) is 0 Å². The quantitative estimate of drug-likeness (QED) is 0.849. The highest BCUT2D eigenvalue weighted by atomic mass is 32.2. The predicted molar refractivity (Wildman–Crippen MR) is 81.5 cm³/mol. The molecule has 1 N–H and O–H groups in total. The lowest BCUT2D eigenvalue weighted by Crippen LogP contribution is -2.27. The summed E-state index contributed by atoms with van der Waals surface area (Å²) in [6.45, 7) is 7.82. The summed E-state index contributed by atoms with van der Waals surface area (Å²) in [5, 5.41) is 4.47. The maximum Gasteiger partial charge on any atom is 0.0110 e. The molecule has 0 heterocycles. The van der Waals surface area contributed by atoms with Crippen molar-refractivity contribution in [2.24, 2.45) is 0 Å². The molecule has 1 aliphatic carbocycles. The number of nitrogens with one attached hydrogen (secondary N) is 1.